The van der Waals surface area contributed by atoms with E-state index in [-0.39, 0.29) is 11.8 Å². The summed E-state index contributed by atoms with van der Waals surface area (Å²) in [4.78, 5) is 16.3. The van der Waals surface area contributed by atoms with Crippen LogP contribution in [-0.2, 0) is 11.3 Å². The van der Waals surface area contributed by atoms with Gasteiger partial charge in [-0.05, 0) is 30.0 Å². The minimum absolute atomic E-state index is 0.0190. The summed E-state index contributed by atoms with van der Waals surface area (Å²) in [7, 11) is 0. The van der Waals surface area contributed by atoms with E-state index in [4.69, 9.17) is 0 Å². The van der Waals surface area contributed by atoms with Crippen LogP contribution < -0.4 is 5.49 Å². The van der Waals surface area contributed by atoms with E-state index in [1.165, 1.54) is 5.56 Å². The number of amides is 1. The van der Waals surface area contributed by atoms with Crippen molar-refractivity contribution in [3.63, 3.8) is 0 Å². The van der Waals surface area contributed by atoms with Crippen LogP contribution in [0.1, 0.15) is 18.9 Å². The summed E-state index contributed by atoms with van der Waals surface area (Å²) in [6.45, 7) is 2.83. The smallest absolute Gasteiger partial charge is 0.251 e. The number of hydrogen-bond donors (Lipinski definition) is 0. The fraction of sp³-hybridized carbons (Fsp3) is 0.294. The van der Waals surface area contributed by atoms with Crippen LogP contribution in [0.25, 0.3) is 0 Å². The molecule has 1 aliphatic rings. The van der Waals surface area contributed by atoms with Crippen molar-refractivity contribution in [1.82, 2.24) is 4.57 Å². The predicted molar refractivity (Wildman–Crippen MR) is 77.8 cm³/mol. The summed E-state index contributed by atoms with van der Waals surface area (Å²) in [5, 5.41) is 0. The van der Waals surface area contributed by atoms with Crippen molar-refractivity contribution in [3.05, 3.63) is 65.8 Å². The first-order valence-corrected chi connectivity index (χ1v) is 7.02. The van der Waals surface area contributed by atoms with Crippen LogP contribution in [0.3, 0.4) is 0 Å². The highest BCUT2D eigenvalue weighted by atomic mass is 16.1. The number of hydrogen-bond acceptors (Lipinski definition) is 1. The first-order chi connectivity index (χ1) is 9.74. The fourth-order valence-corrected chi connectivity index (χ4v) is 2.34. The van der Waals surface area contributed by atoms with Crippen LogP contribution in [0.2, 0.25) is 0 Å². The molecule has 3 rings (SSSR count). The summed E-state index contributed by atoms with van der Waals surface area (Å²) in [5.74, 6) is 0.656. The molecule has 2 unspecified atom stereocenters. The zero-order valence-corrected chi connectivity index (χ0v) is 11.6. The van der Waals surface area contributed by atoms with Crippen LogP contribution in [0.4, 0.5) is 0 Å². The summed E-state index contributed by atoms with van der Waals surface area (Å²) in [6.07, 6.45) is 2.95. The molecule has 0 N–H and O–H groups in total. The zero-order chi connectivity index (χ0) is 13.9. The van der Waals surface area contributed by atoms with Gasteiger partial charge in [-0.2, -0.15) is 4.99 Å². The maximum Gasteiger partial charge on any atom is 0.251 e. The molecule has 0 radical (unpaired) electrons. The highest BCUT2D eigenvalue weighted by Gasteiger charge is 2.38. The van der Waals surface area contributed by atoms with Gasteiger partial charge < -0.3 is 4.57 Å². The molecule has 0 spiro atoms. The van der Waals surface area contributed by atoms with E-state index in [0.717, 1.165) is 18.5 Å². The Bertz CT molecular complexity index is 673. The van der Waals surface area contributed by atoms with Crippen LogP contribution in [0.5, 0.6) is 0 Å². The lowest BCUT2D eigenvalue weighted by molar-refractivity contribution is -0.119. The zero-order valence-electron chi connectivity index (χ0n) is 11.6. The van der Waals surface area contributed by atoms with Gasteiger partial charge in [0.2, 0.25) is 0 Å². The van der Waals surface area contributed by atoms with E-state index in [9.17, 15) is 4.79 Å². The van der Waals surface area contributed by atoms with Crippen LogP contribution in [-0.4, -0.2) is 10.5 Å². The second kappa shape index (κ2) is 5.45. The maximum absolute atomic E-state index is 12.0. The minimum atomic E-state index is 0.0190. The average Bonchev–Trinajstić information content (AvgIpc) is 3.19. The Labute approximate surface area is 118 Å². The van der Waals surface area contributed by atoms with Gasteiger partial charge in [-0.25, -0.2) is 0 Å². The molecule has 1 aromatic heterocycles. The SMILES string of the molecule is CC1CC1C(=O)N=c1ccccn1Cc1ccccc1. The van der Waals surface area contributed by atoms with E-state index < -0.39 is 0 Å². The Morgan fingerprint density at radius 3 is 2.60 bits per heavy atom. The second-order valence-electron chi connectivity index (χ2n) is 5.44. The molecule has 0 aliphatic heterocycles. The number of carbonyl (C=O) groups excluding carboxylic acids is 1. The van der Waals surface area contributed by atoms with Crippen molar-refractivity contribution in [3.8, 4) is 0 Å². The molecule has 2 aromatic rings. The first-order valence-electron chi connectivity index (χ1n) is 7.02. The molecule has 2 atom stereocenters. The topological polar surface area (TPSA) is 34.4 Å². The molecule has 1 amide bonds. The van der Waals surface area contributed by atoms with Crippen molar-refractivity contribution in [1.29, 1.82) is 0 Å². The number of carbonyl (C=O) groups is 1. The van der Waals surface area contributed by atoms with Crippen LogP contribution >= 0.6 is 0 Å². The van der Waals surface area contributed by atoms with E-state index in [2.05, 4.69) is 24.0 Å². The summed E-state index contributed by atoms with van der Waals surface area (Å²) < 4.78 is 2.01. The lowest BCUT2D eigenvalue weighted by Gasteiger charge is -2.07. The largest absolute Gasteiger partial charge is 0.328 e. The molecule has 1 saturated carbocycles. The molecule has 1 aromatic carbocycles. The highest BCUT2D eigenvalue weighted by molar-refractivity contribution is 5.82. The van der Waals surface area contributed by atoms with E-state index in [1.807, 2.05) is 47.2 Å². The number of aromatic nitrogens is 1. The number of nitrogens with zero attached hydrogens (tertiary/aromatic N) is 2. The van der Waals surface area contributed by atoms with E-state index in [1.54, 1.807) is 0 Å². The maximum atomic E-state index is 12.0. The molecule has 1 aliphatic carbocycles. The van der Waals surface area contributed by atoms with Crippen molar-refractivity contribution in [2.24, 2.45) is 16.8 Å². The van der Waals surface area contributed by atoms with Gasteiger partial charge in [-0.1, -0.05) is 43.3 Å². The Balaban J connectivity index is 1.88. The third-order valence-corrected chi connectivity index (χ3v) is 3.76. The second-order valence-corrected chi connectivity index (χ2v) is 5.44. The lowest BCUT2D eigenvalue weighted by atomic mass is 10.2. The van der Waals surface area contributed by atoms with Gasteiger partial charge in [0.25, 0.3) is 5.91 Å². The normalized spacial score (nSPS) is 21.8. The standard InChI is InChI=1S/C17H18N2O/c1-13-11-15(13)17(20)18-16-9-5-6-10-19(16)12-14-7-3-2-4-8-14/h2-10,13,15H,11-12H2,1H3. The molecular weight excluding hydrogens is 248 g/mol. The molecule has 1 heterocycles. The molecule has 0 saturated heterocycles. The predicted octanol–water partition coefficient (Wildman–Crippen LogP) is 2.62. The van der Waals surface area contributed by atoms with Gasteiger partial charge in [-0.15, -0.1) is 0 Å². The molecule has 102 valence electrons. The summed E-state index contributed by atoms with van der Waals surface area (Å²) in [6, 6.07) is 16.0. The van der Waals surface area contributed by atoms with Crippen molar-refractivity contribution in [2.45, 2.75) is 19.9 Å². The molecule has 3 nitrogen and oxygen atoms in total. The Morgan fingerprint density at radius 2 is 1.90 bits per heavy atom. The molecule has 0 bridgehead atoms. The van der Waals surface area contributed by atoms with Crippen molar-refractivity contribution >= 4 is 5.91 Å². The summed E-state index contributed by atoms with van der Waals surface area (Å²) in [5.41, 5.74) is 1.94. The third kappa shape index (κ3) is 2.87. The minimum Gasteiger partial charge on any atom is -0.328 e. The molecule has 3 heteroatoms. The highest BCUT2D eigenvalue weighted by Crippen LogP contribution is 2.38. The van der Waals surface area contributed by atoms with Gasteiger partial charge in [0.15, 0.2) is 0 Å². The Morgan fingerprint density at radius 1 is 1.20 bits per heavy atom. The average molecular weight is 266 g/mol. The number of rotatable bonds is 3. The van der Waals surface area contributed by atoms with Crippen molar-refractivity contribution in [2.75, 3.05) is 0 Å². The lowest BCUT2D eigenvalue weighted by Crippen LogP contribution is -2.22. The number of pyridine rings is 1. The fourth-order valence-electron chi connectivity index (χ4n) is 2.34. The van der Waals surface area contributed by atoms with Gasteiger partial charge in [-0.3, -0.25) is 4.79 Å². The van der Waals surface area contributed by atoms with Gasteiger partial charge in [0, 0.05) is 18.7 Å². The van der Waals surface area contributed by atoms with Gasteiger partial charge >= 0.3 is 0 Å². The monoisotopic (exact) mass is 266 g/mol. The van der Waals surface area contributed by atoms with Gasteiger partial charge in [0.05, 0.1) is 0 Å². The van der Waals surface area contributed by atoms with Crippen LogP contribution in [0.15, 0.2) is 59.7 Å². The first kappa shape index (κ1) is 12.9. The quantitative estimate of drug-likeness (QED) is 0.841. The Kier molecular flexibility index (Phi) is 3.50. The molecule has 1 fully saturated rings. The van der Waals surface area contributed by atoms with Gasteiger partial charge in [0.1, 0.15) is 5.49 Å². The Hall–Kier alpha value is -2.16. The molecule has 20 heavy (non-hydrogen) atoms. The van der Waals surface area contributed by atoms with Crippen molar-refractivity contribution < 1.29 is 4.79 Å². The van der Waals surface area contributed by atoms with E-state index >= 15 is 0 Å². The van der Waals surface area contributed by atoms with Crippen LogP contribution in [0, 0.1) is 11.8 Å². The third-order valence-electron chi connectivity index (χ3n) is 3.76. The van der Waals surface area contributed by atoms with E-state index in [0.29, 0.717) is 5.92 Å². The number of benzene rings is 1. The molecular formula is C17H18N2O. The summed E-state index contributed by atoms with van der Waals surface area (Å²) >= 11 is 0.